The third kappa shape index (κ3) is 2.08. The number of hydrogen-bond acceptors (Lipinski definition) is 0. The molecule has 0 fully saturated rings. The van der Waals surface area contributed by atoms with Crippen LogP contribution >= 0.6 is 0 Å². The first-order valence-corrected chi connectivity index (χ1v) is 5.44. The van der Waals surface area contributed by atoms with Crippen molar-refractivity contribution in [2.24, 2.45) is 22.2 Å². The Morgan fingerprint density at radius 2 is 1.00 bits per heavy atom. The fourth-order valence-electron chi connectivity index (χ4n) is 1.69. The van der Waals surface area contributed by atoms with Crippen LogP contribution in [0.15, 0.2) is 0 Å². The molecule has 13 heavy (non-hydrogen) atoms. The fourth-order valence-corrected chi connectivity index (χ4v) is 1.69. The first-order chi connectivity index (χ1) is 5.44. The highest BCUT2D eigenvalue weighted by molar-refractivity contribution is 4.95. The third-order valence-corrected chi connectivity index (χ3v) is 4.93. The summed E-state index contributed by atoms with van der Waals surface area (Å²) in [6.07, 6.45) is 0. The van der Waals surface area contributed by atoms with Gasteiger partial charge in [0.1, 0.15) is 0 Å². The molecule has 0 heterocycles. The van der Waals surface area contributed by atoms with Gasteiger partial charge < -0.3 is 0 Å². The summed E-state index contributed by atoms with van der Waals surface area (Å²) >= 11 is 0. The first-order valence-electron chi connectivity index (χ1n) is 5.44. The van der Waals surface area contributed by atoms with Gasteiger partial charge in [-0.2, -0.15) is 0 Å². The van der Waals surface area contributed by atoms with Crippen molar-refractivity contribution >= 4 is 0 Å². The monoisotopic (exact) mass is 184 g/mol. The Morgan fingerprint density at radius 3 is 1.08 bits per heavy atom. The molecule has 0 N–H and O–H groups in total. The van der Waals surface area contributed by atoms with E-state index in [9.17, 15) is 0 Å². The topological polar surface area (TPSA) is 0 Å². The molecule has 0 amide bonds. The van der Waals surface area contributed by atoms with E-state index in [4.69, 9.17) is 0 Å². The molecule has 80 valence electrons. The summed E-state index contributed by atoms with van der Waals surface area (Å²) in [6.45, 7) is 21.3. The van der Waals surface area contributed by atoms with Crippen LogP contribution in [0, 0.1) is 22.2 Å². The van der Waals surface area contributed by atoms with Crippen LogP contribution in [-0.4, -0.2) is 0 Å². The van der Waals surface area contributed by atoms with Crippen molar-refractivity contribution < 1.29 is 0 Å². The second-order valence-electron chi connectivity index (χ2n) is 6.75. The average Bonchev–Trinajstić information content (AvgIpc) is 1.84. The van der Waals surface area contributed by atoms with Gasteiger partial charge in [0.05, 0.1) is 0 Å². The molecule has 0 aliphatic heterocycles. The summed E-state index contributed by atoms with van der Waals surface area (Å²) in [5.41, 5.74) is 1.10. The maximum absolute atomic E-state index is 2.40. The van der Waals surface area contributed by atoms with Crippen LogP contribution in [-0.2, 0) is 0 Å². The second-order valence-corrected chi connectivity index (χ2v) is 6.75. The van der Waals surface area contributed by atoms with Crippen LogP contribution < -0.4 is 0 Å². The SMILES string of the molecule is CC(C)C(C)(C)C(C)(C)C(C)(C)C. The third-order valence-electron chi connectivity index (χ3n) is 4.93. The smallest absolute Gasteiger partial charge is 0.0252 e. The van der Waals surface area contributed by atoms with Gasteiger partial charge in [-0.1, -0.05) is 62.3 Å². The largest absolute Gasteiger partial charge is 0.0622 e. The Hall–Kier alpha value is 0. The quantitative estimate of drug-likeness (QED) is 0.581. The molecule has 0 aromatic heterocycles. The fraction of sp³-hybridized carbons (Fsp3) is 1.00. The summed E-state index contributed by atoms with van der Waals surface area (Å²) < 4.78 is 0. The molecule has 0 bridgehead atoms. The molecule has 0 heteroatoms. The van der Waals surface area contributed by atoms with Gasteiger partial charge in [-0.25, -0.2) is 0 Å². The summed E-state index contributed by atoms with van der Waals surface area (Å²) in [4.78, 5) is 0. The molecular weight excluding hydrogens is 156 g/mol. The summed E-state index contributed by atoms with van der Waals surface area (Å²) in [7, 11) is 0. The second kappa shape index (κ2) is 3.29. The lowest BCUT2D eigenvalue weighted by Gasteiger charge is -2.53. The zero-order valence-electron chi connectivity index (χ0n) is 11.1. The standard InChI is InChI=1S/C13H28/c1-10(2)12(6,7)13(8,9)11(3,4)5/h10H,1-9H3. The first kappa shape index (κ1) is 13.0. The van der Waals surface area contributed by atoms with Gasteiger partial charge >= 0.3 is 0 Å². The summed E-state index contributed by atoms with van der Waals surface area (Å²) in [5, 5.41) is 0. The molecule has 0 saturated carbocycles. The average molecular weight is 184 g/mol. The lowest BCUT2D eigenvalue weighted by molar-refractivity contribution is -0.0388. The normalized spacial score (nSPS) is 15.2. The van der Waals surface area contributed by atoms with Crippen LogP contribution in [0.4, 0.5) is 0 Å². The maximum Gasteiger partial charge on any atom is -0.0252 e. The van der Waals surface area contributed by atoms with E-state index < -0.39 is 0 Å². The predicted octanol–water partition coefficient (Wildman–Crippen LogP) is 4.74. The van der Waals surface area contributed by atoms with Gasteiger partial charge in [0.15, 0.2) is 0 Å². The molecule has 0 rings (SSSR count). The van der Waals surface area contributed by atoms with Gasteiger partial charge in [-0.3, -0.25) is 0 Å². The zero-order chi connectivity index (χ0) is 11.1. The maximum atomic E-state index is 2.40. The highest BCUT2D eigenvalue weighted by Crippen LogP contribution is 2.54. The number of hydrogen-bond donors (Lipinski definition) is 0. The minimum absolute atomic E-state index is 0.355. The molecule has 0 aromatic rings. The predicted molar refractivity (Wildman–Crippen MR) is 61.9 cm³/mol. The van der Waals surface area contributed by atoms with Crippen molar-refractivity contribution in [1.29, 1.82) is 0 Å². The minimum Gasteiger partial charge on any atom is -0.0622 e. The van der Waals surface area contributed by atoms with E-state index in [-0.39, 0.29) is 0 Å². The Labute approximate surface area is 85.1 Å². The van der Waals surface area contributed by atoms with Crippen LogP contribution in [0.2, 0.25) is 0 Å². The molecular formula is C13H28. The number of rotatable bonds is 2. The van der Waals surface area contributed by atoms with Crippen molar-refractivity contribution in [2.75, 3.05) is 0 Å². The van der Waals surface area contributed by atoms with Gasteiger partial charge in [0, 0.05) is 0 Å². The van der Waals surface area contributed by atoms with E-state index in [0.29, 0.717) is 16.2 Å². The lowest BCUT2D eigenvalue weighted by Crippen LogP contribution is -2.45. The van der Waals surface area contributed by atoms with Crippen LogP contribution in [0.3, 0.4) is 0 Å². The Kier molecular flexibility index (Phi) is 3.29. The lowest BCUT2D eigenvalue weighted by atomic mass is 9.52. The highest BCUT2D eigenvalue weighted by atomic mass is 14.5. The van der Waals surface area contributed by atoms with Gasteiger partial charge in [-0.15, -0.1) is 0 Å². The van der Waals surface area contributed by atoms with Crippen LogP contribution in [0.5, 0.6) is 0 Å². The van der Waals surface area contributed by atoms with E-state index in [2.05, 4.69) is 62.3 Å². The van der Waals surface area contributed by atoms with Crippen molar-refractivity contribution in [2.45, 2.75) is 62.3 Å². The van der Waals surface area contributed by atoms with E-state index in [1.807, 2.05) is 0 Å². The van der Waals surface area contributed by atoms with Crippen molar-refractivity contribution in [1.82, 2.24) is 0 Å². The van der Waals surface area contributed by atoms with Gasteiger partial charge in [0.2, 0.25) is 0 Å². The molecule has 0 unspecified atom stereocenters. The molecule has 0 spiro atoms. The van der Waals surface area contributed by atoms with E-state index in [0.717, 1.165) is 5.92 Å². The summed E-state index contributed by atoms with van der Waals surface area (Å²) in [6, 6.07) is 0. The molecule has 0 saturated heterocycles. The molecule has 0 aliphatic rings. The Balaban J connectivity index is 5.04. The van der Waals surface area contributed by atoms with E-state index in [1.165, 1.54) is 0 Å². The molecule has 0 nitrogen and oxygen atoms in total. The molecule has 0 radical (unpaired) electrons. The van der Waals surface area contributed by atoms with Gasteiger partial charge in [0.25, 0.3) is 0 Å². The van der Waals surface area contributed by atoms with Crippen LogP contribution in [0.1, 0.15) is 62.3 Å². The van der Waals surface area contributed by atoms with Gasteiger partial charge in [-0.05, 0) is 22.2 Å². The molecule has 0 atom stereocenters. The van der Waals surface area contributed by atoms with Crippen molar-refractivity contribution in [3.05, 3.63) is 0 Å². The zero-order valence-corrected chi connectivity index (χ0v) is 11.1. The molecule has 0 aromatic carbocycles. The minimum atomic E-state index is 0.355. The van der Waals surface area contributed by atoms with E-state index in [1.54, 1.807) is 0 Å². The highest BCUT2D eigenvalue weighted by Gasteiger charge is 2.46. The van der Waals surface area contributed by atoms with Crippen molar-refractivity contribution in [3.8, 4) is 0 Å². The van der Waals surface area contributed by atoms with E-state index >= 15 is 0 Å². The van der Waals surface area contributed by atoms with Crippen LogP contribution in [0.25, 0.3) is 0 Å². The summed E-state index contributed by atoms with van der Waals surface area (Å²) in [5.74, 6) is 0.724. The molecule has 0 aliphatic carbocycles. The van der Waals surface area contributed by atoms with Crippen molar-refractivity contribution in [3.63, 3.8) is 0 Å². The Bertz CT molecular complexity index is 165. The Morgan fingerprint density at radius 1 is 0.692 bits per heavy atom.